The number of likely N-dealkylation sites (tertiary alicyclic amines) is 1. The van der Waals surface area contributed by atoms with Crippen LogP contribution in [0.4, 0.5) is 10.2 Å². The summed E-state index contributed by atoms with van der Waals surface area (Å²) in [6.07, 6.45) is 4.82. The predicted octanol–water partition coefficient (Wildman–Crippen LogP) is 3.40. The zero-order valence-electron chi connectivity index (χ0n) is 20.6. The SMILES string of the molecule is CNc1nc(Cc2cc(F)c(C(=O)CC3CCN(C4COC4)CC3)cc2OC)nc2c1C(C#N)=CC2. The molecule has 0 atom stereocenters. The Morgan fingerprint density at radius 1 is 1.31 bits per heavy atom. The number of Topliss-reactive ketones (excluding diaryl/α,β-unsaturated/α-hetero) is 1. The maximum absolute atomic E-state index is 15.2. The van der Waals surface area contributed by atoms with Crippen LogP contribution in [-0.2, 0) is 17.6 Å². The molecule has 3 aliphatic rings. The van der Waals surface area contributed by atoms with Crippen LogP contribution in [0.25, 0.3) is 5.57 Å². The number of anilines is 1. The fraction of sp³-hybridized carbons (Fsp3) is 0.481. The van der Waals surface area contributed by atoms with Crippen LogP contribution in [0.15, 0.2) is 18.2 Å². The average molecular weight is 492 g/mol. The van der Waals surface area contributed by atoms with Crippen molar-refractivity contribution < 1.29 is 18.7 Å². The van der Waals surface area contributed by atoms with Crippen molar-refractivity contribution >= 4 is 17.2 Å². The summed E-state index contributed by atoms with van der Waals surface area (Å²) in [6, 6.07) is 5.56. The molecule has 0 spiro atoms. The highest BCUT2D eigenvalue weighted by atomic mass is 19.1. The number of fused-ring (bicyclic) bond motifs is 1. The van der Waals surface area contributed by atoms with E-state index < -0.39 is 5.82 Å². The number of carbonyl (C=O) groups excluding carboxylic acids is 1. The molecular formula is C27H30FN5O3. The first-order valence-corrected chi connectivity index (χ1v) is 12.4. The Hall–Kier alpha value is -3.35. The number of ketones is 1. The van der Waals surface area contributed by atoms with E-state index in [1.807, 2.05) is 6.08 Å². The highest BCUT2D eigenvalue weighted by Gasteiger charge is 2.31. The van der Waals surface area contributed by atoms with Gasteiger partial charge in [-0.1, -0.05) is 6.08 Å². The first-order chi connectivity index (χ1) is 17.5. The summed E-state index contributed by atoms with van der Waals surface area (Å²) >= 11 is 0. The van der Waals surface area contributed by atoms with Crippen LogP contribution in [-0.4, -0.2) is 67.2 Å². The molecule has 8 nitrogen and oxygen atoms in total. The number of carbonyl (C=O) groups is 1. The number of benzene rings is 1. The highest BCUT2D eigenvalue weighted by molar-refractivity contribution is 5.97. The second-order valence-electron chi connectivity index (χ2n) is 9.61. The summed E-state index contributed by atoms with van der Waals surface area (Å²) in [4.78, 5) is 24.6. The third-order valence-electron chi connectivity index (χ3n) is 7.44. The number of allylic oxidation sites excluding steroid dienone is 2. The first kappa shape index (κ1) is 24.3. The molecule has 188 valence electrons. The van der Waals surface area contributed by atoms with Gasteiger partial charge in [-0.05, 0) is 44.0 Å². The third kappa shape index (κ3) is 4.71. The number of nitrogens with zero attached hydrogens (tertiary/aromatic N) is 4. The summed E-state index contributed by atoms with van der Waals surface area (Å²) in [5.41, 5.74) is 2.67. The fourth-order valence-electron chi connectivity index (χ4n) is 5.29. The highest BCUT2D eigenvalue weighted by Crippen LogP contribution is 2.33. The Morgan fingerprint density at radius 2 is 2.08 bits per heavy atom. The molecule has 36 heavy (non-hydrogen) atoms. The van der Waals surface area contributed by atoms with Crippen molar-refractivity contribution in [3.05, 3.63) is 52.2 Å². The van der Waals surface area contributed by atoms with Crippen molar-refractivity contribution in [3.63, 3.8) is 0 Å². The van der Waals surface area contributed by atoms with Crippen LogP contribution in [0.1, 0.15) is 52.3 Å². The summed E-state index contributed by atoms with van der Waals surface area (Å²) in [5.74, 6) is 1.01. The number of aromatic nitrogens is 2. The smallest absolute Gasteiger partial charge is 0.166 e. The number of nitrogens with one attached hydrogen (secondary N) is 1. The van der Waals surface area contributed by atoms with E-state index in [-0.39, 0.29) is 23.7 Å². The van der Waals surface area contributed by atoms with E-state index in [0.717, 1.165) is 50.4 Å². The second kappa shape index (κ2) is 10.3. The molecule has 1 aromatic heterocycles. The Balaban J connectivity index is 1.30. The van der Waals surface area contributed by atoms with E-state index in [2.05, 4.69) is 26.3 Å². The van der Waals surface area contributed by atoms with Gasteiger partial charge in [-0.3, -0.25) is 9.69 Å². The molecule has 1 N–H and O–H groups in total. The van der Waals surface area contributed by atoms with Gasteiger partial charge in [0.05, 0.1) is 54.8 Å². The number of hydrogen-bond donors (Lipinski definition) is 1. The van der Waals surface area contributed by atoms with Gasteiger partial charge < -0.3 is 14.8 Å². The molecule has 0 amide bonds. The van der Waals surface area contributed by atoms with Crippen molar-refractivity contribution in [3.8, 4) is 11.8 Å². The van der Waals surface area contributed by atoms with Gasteiger partial charge in [0.1, 0.15) is 23.2 Å². The molecule has 0 saturated carbocycles. The molecule has 3 heterocycles. The van der Waals surface area contributed by atoms with Crippen LogP contribution in [0, 0.1) is 23.1 Å². The van der Waals surface area contributed by atoms with Crippen LogP contribution in [0.5, 0.6) is 5.75 Å². The molecule has 9 heteroatoms. The minimum Gasteiger partial charge on any atom is -0.496 e. The molecule has 2 aromatic rings. The van der Waals surface area contributed by atoms with Crippen LogP contribution in [0.3, 0.4) is 0 Å². The van der Waals surface area contributed by atoms with Gasteiger partial charge in [-0.2, -0.15) is 5.26 Å². The lowest BCUT2D eigenvalue weighted by Gasteiger charge is -2.41. The van der Waals surface area contributed by atoms with Crippen molar-refractivity contribution in [2.75, 3.05) is 45.8 Å². The largest absolute Gasteiger partial charge is 0.496 e. The lowest BCUT2D eigenvalue weighted by Crippen LogP contribution is -2.51. The van der Waals surface area contributed by atoms with Gasteiger partial charge in [0, 0.05) is 31.9 Å². The zero-order valence-corrected chi connectivity index (χ0v) is 20.6. The molecule has 5 rings (SSSR count). The number of halogens is 1. The molecular weight excluding hydrogens is 461 g/mol. The van der Waals surface area contributed by atoms with E-state index in [4.69, 9.17) is 9.47 Å². The summed E-state index contributed by atoms with van der Waals surface area (Å²) in [7, 11) is 3.25. The number of rotatable bonds is 8. The van der Waals surface area contributed by atoms with Gasteiger partial charge >= 0.3 is 0 Å². The van der Waals surface area contributed by atoms with Gasteiger partial charge in [0.25, 0.3) is 0 Å². The molecule has 2 saturated heterocycles. The summed E-state index contributed by atoms with van der Waals surface area (Å²) in [5, 5.41) is 12.4. The first-order valence-electron chi connectivity index (χ1n) is 12.4. The Morgan fingerprint density at radius 3 is 2.72 bits per heavy atom. The second-order valence-corrected chi connectivity index (χ2v) is 9.61. The van der Waals surface area contributed by atoms with E-state index in [0.29, 0.717) is 47.4 Å². The molecule has 2 aliphatic heterocycles. The maximum Gasteiger partial charge on any atom is 0.166 e. The van der Waals surface area contributed by atoms with Crippen LogP contribution in [0.2, 0.25) is 0 Å². The number of ether oxygens (including phenoxy) is 2. The van der Waals surface area contributed by atoms with E-state index in [1.54, 1.807) is 7.05 Å². The molecule has 0 radical (unpaired) electrons. The summed E-state index contributed by atoms with van der Waals surface area (Å²) < 4.78 is 26.0. The third-order valence-corrected chi connectivity index (χ3v) is 7.44. The Labute approximate surface area is 210 Å². The molecule has 0 bridgehead atoms. The summed E-state index contributed by atoms with van der Waals surface area (Å²) in [6.45, 7) is 3.51. The predicted molar refractivity (Wildman–Crippen MR) is 132 cm³/mol. The molecule has 0 unspecified atom stereocenters. The van der Waals surface area contributed by atoms with Gasteiger partial charge in [0.15, 0.2) is 5.78 Å². The van der Waals surface area contributed by atoms with Gasteiger partial charge in [0.2, 0.25) is 0 Å². The van der Waals surface area contributed by atoms with E-state index in [9.17, 15) is 10.1 Å². The minimum atomic E-state index is -0.553. The van der Waals surface area contributed by atoms with Crippen molar-refractivity contribution in [1.29, 1.82) is 5.26 Å². The average Bonchev–Trinajstić information content (AvgIpc) is 3.27. The fourth-order valence-corrected chi connectivity index (χ4v) is 5.29. The van der Waals surface area contributed by atoms with Crippen molar-refractivity contribution in [1.82, 2.24) is 14.9 Å². The van der Waals surface area contributed by atoms with Crippen LogP contribution >= 0.6 is 0 Å². The Bertz CT molecular complexity index is 1240. The Kier molecular flexibility index (Phi) is 6.99. The molecule has 2 fully saturated rings. The molecule has 1 aromatic carbocycles. The topological polar surface area (TPSA) is 100 Å². The number of piperidine rings is 1. The minimum absolute atomic E-state index is 0.0686. The van der Waals surface area contributed by atoms with E-state index >= 15 is 4.39 Å². The lowest BCUT2D eigenvalue weighted by molar-refractivity contribution is -0.0737. The van der Waals surface area contributed by atoms with Crippen LogP contribution < -0.4 is 10.1 Å². The molecule has 1 aliphatic carbocycles. The normalized spacial score (nSPS) is 18.2. The standard InChI is InChI=1S/C27H30FN5O3/c1-30-27-26-17(13-29)3-4-22(26)31-25(32-27)11-18-10-21(28)20(12-24(18)35-2)23(34)9-16-5-7-33(8-6-16)19-14-36-15-19/h3,10,12,16,19H,4-9,11,14-15H2,1-2H3,(H,30,31,32). The monoisotopic (exact) mass is 491 g/mol. The van der Waals surface area contributed by atoms with E-state index in [1.165, 1.54) is 19.2 Å². The van der Waals surface area contributed by atoms with Crippen molar-refractivity contribution in [2.24, 2.45) is 5.92 Å². The van der Waals surface area contributed by atoms with Gasteiger partial charge in [-0.25, -0.2) is 14.4 Å². The lowest BCUT2D eigenvalue weighted by atomic mass is 9.88. The zero-order chi connectivity index (χ0) is 25.2. The van der Waals surface area contributed by atoms with Gasteiger partial charge in [-0.15, -0.1) is 0 Å². The van der Waals surface area contributed by atoms with Crippen molar-refractivity contribution in [2.45, 2.75) is 38.1 Å². The maximum atomic E-state index is 15.2. The number of nitriles is 1. The quantitative estimate of drug-likeness (QED) is 0.561. The number of hydrogen-bond acceptors (Lipinski definition) is 8. The number of methoxy groups -OCH3 is 1.